The van der Waals surface area contributed by atoms with Gasteiger partial charge in [0.1, 0.15) is 6.07 Å². The maximum atomic E-state index is 11.9. The number of nitriles is 1. The molecule has 2 N–H and O–H groups in total. The number of benzene rings is 1. The lowest BCUT2D eigenvalue weighted by Crippen LogP contribution is -2.46. The molecule has 1 aromatic rings. The Bertz CT molecular complexity index is 563. The van der Waals surface area contributed by atoms with Crippen LogP contribution in [0.5, 0.6) is 0 Å². The first kappa shape index (κ1) is 12.1. The molecule has 1 fully saturated rings. The first-order chi connectivity index (χ1) is 8.50. The summed E-state index contributed by atoms with van der Waals surface area (Å²) < 4.78 is 0. The zero-order valence-electron chi connectivity index (χ0n) is 9.33. The topological polar surface area (TPSA) is 102 Å². The predicted molar refractivity (Wildman–Crippen MR) is 60.7 cm³/mol. The molecule has 0 saturated carbocycles. The number of carbonyl (C=O) groups is 2. The number of amides is 1. The Balaban J connectivity index is 2.41. The predicted octanol–water partition coefficient (Wildman–Crippen LogP) is 0.111. The summed E-state index contributed by atoms with van der Waals surface area (Å²) in [5.41, 5.74) is -1.80. The molecule has 92 valence electrons. The van der Waals surface area contributed by atoms with Crippen LogP contribution in [0.25, 0.3) is 0 Å². The molecule has 1 saturated heterocycles. The van der Waals surface area contributed by atoms with Gasteiger partial charge in [0.25, 0.3) is 5.91 Å². The van der Waals surface area contributed by atoms with E-state index < -0.39 is 17.5 Å². The van der Waals surface area contributed by atoms with Crippen molar-refractivity contribution in [2.75, 3.05) is 11.4 Å². The van der Waals surface area contributed by atoms with E-state index in [0.717, 1.165) is 4.90 Å². The van der Waals surface area contributed by atoms with Crippen molar-refractivity contribution < 1.29 is 19.8 Å². The van der Waals surface area contributed by atoms with Gasteiger partial charge in [-0.25, -0.2) is 4.79 Å². The quantitative estimate of drug-likeness (QED) is 0.721. The fourth-order valence-electron chi connectivity index (χ4n) is 1.94. The molecule has 0 aromatic heterocycles. The van der Waals surface area contributed by atoms with E-state index in [1.807, 2.05) is 6.07 Å². The minimum absolute atomic E-state index is 0.0698. The second-order valence-corrected chi connectivity index (χ2v) is 4.00. The third kappa shape index (κ3) is 1.61. The Kier molecular flexibility index (Phi) is 2.77. The lowest BCUT2D eigenvalue weighted by molar-refractivity contribution is -0.162. The molecule has 18 heavy (non-hydrogen) atoms. The van der Waals surface area contributed by atoms with Gasteiger partial charge in [-0.15, -0.1) is 0 Å². The van der Waals surface area contributed by atoms with Crippen molar-refractivity contribution in [1.29, 1.82) is 5.26 Å². The highest BCUT2D eigenvalue weighted by Gasteiger charge is 2.52. The van der Waals surface area contributed by atoms with E-state index in [4.69, 9.17) is 10.4 Å². The van der Waals surface area contributed by atoms with Gasteiger partial charge in [-0.2, -0.15) is 5.26 Å². The standard InChI is InChI=1S/C12H10N2O4/c13-7-8-3-1-2-4-9(8)14-6-5-12(18,10(14)15)11(16)17/h1-4,18H,5-6H2,(H,16,17). The molecule has 1 atom stereocenters. The van der Waals surface area contributed by atoms with Crippen LogP contribution in [-0.2, 0) is 9.59 Å². The molecule has 0 bridgehead atoms. The van der Waals surface area contributed by atoms with Gasteiger partial charge < -0.3 is 15.1 Å². The summed E-state index contributed by atoms with van der Waals surface area (Å²) in [6, 6.07) is 8.29. The van der Waals surface area contributed by atoms with E-state index in [9.17, 15) is 14.7 Å². The largest absolute Gasteiger partial charge is 0.479 e. The molecule has 0 spiro atoms. The number of carboxylic acid groups (broad SMARTS) is 1. The molecule has 1 heterocycles. The fraction of sp³-hybridized carbons (Fsp3) is 0.250. The van der Waals surface area contributed by atoms with Gasteiger partial charge >= 0.3 is 5.97 Å². The van der Waals surface area contributed by atoms with Gasteiger partial charge in [0.2, 0.25) is 5.60 Å². The average molecular weight is 246 g/mol. The number of aliphatic carboxylic acids is 1. The van der Waals surface area contributed by atoms with Crippen molar-refractivity contribution in [3.8, 4) is 6.07 Å². The zero-order valence-corrected chi connectivity index (χ0v) is 9.33. The lowest BCUT2D eigenvalue weighted by atomic mass is 10.0. The summed E-state index contributed by atoms with van der Waals surface area (Å²) >= 11 is 0. The van der Waals surface area contributed by atoms with Crippen molar-refractivity contribution in [2.24, 2.45) is 0 Å². The highest BCUT2D eigenvalue weighted by Crippen LogP contribution is 2.30. The smallest absolute Gasteiger partial charge is 0.345 e. The number of hydrogen-bond donors (Lipinski definition) is 2. The van der Waals surface area contributed by atoms with Crippen LogP contribution < -0.4 is 4.90 Å². The molecule has 6 heteroatoms. The van der Waals surface area contributed by atoms with Gasteiger partial charge in [0.15, 0.2) is 0 Å². The Morgan fingerprint density at radius 1 is 1.44 bits per heavy atom. The van der Waals surface area contributed by atoms with Crippen LogP contribution in [0, 0.1) is 11.3 Å². The van der Waals surface area contributed by atoms with Gasteiger partial charge in [-0.1, -0.05) is 12.1 Å². The highest BCUT2D eigenvalue weighted by atomic mass is 16.4. The summed E-state index contributed by atoms with van der Waals surface area (Å²) in [6.07, 6.45) is -0.194. The molecule has 0 radical (unpaired) electrons. The van der Waals surface area contributed by atoms with Crippen LogP contribution in [-0.4, -0.2) is 34.2 Å². The Morgan fingerprint density at radius 2 is 2.11 bits per heavy atom. The molecular formula is C12H10N2O4. The third-order valence-corrected chi connectivity index (χ3v) is 2.97. The Hall–Kier alpha value is -2.39. The van der Waals surface area contributed by atoms with Crippen molar-refractivity contribution in [3.63, 3.8) is 0 Å². The number of hydrogen-bond acceptors (Lipinski definition) is 4. The Labute approximate surface area is 103 Å². The number of para-hydroxylation sites is 1. The average Bonchev–Trinajstić information content (AvgIpc) is 2.67. The van der Waals surface area contributed by atoms with Gasteiger partial charge in [0, 0.05) is 13.0 Å². The van der Waals surface area contributed by atoms with Crippen LogP contribution in [0.4, 0.5) is 5.69 Å². The first-order valence-electron chi connectivity index (χ1n) is 5.27. The van der Waals surface area contributed by atoms with Crippen LogP contribution in [0.2, 0.25) is 0 Å². The third-order valence-electron chi connectivity index (χ3n) is 2.97. The van der Waals surface area contributed by atoms with Gasteiger partial charge in [-0.3, -0.25) is 4.79 Å². The van der Waals surface area contributed by atoms with E-state index >= 15 is 0 Å². The van der Waals surface area contributed by atoms with Crippen LogP contribution in [0.15, 0.2) is 24.3 Å². The van der Waals surface area contributed by atoms with Crippen molar-refractivity contribution in [2.45, 2.75) is 12.0 Å². The lowest BCUT2D eigenvalue weighted by Gasteiger charge is -2.19. The molecule has 2 rings (SSSR count). The van der Waals surface area contributed by atoms with Gasteiger partial charge in [-0.05, 0) is 12.1 Å². The van der Waals surface area contributed by atoms with E-state index in [-0.39, 0.29) is 18.5 Å². The first-order valence-corrected chi connectivity index (χ1v) is 5.27. The monoisotopic (exact) mass is 246 g/mol. The number of rotatable bonds is 2. The van der Waals surface area contributed by atoms with Crippen LogP contribution >= 0.6 is 0 Å². The SMILES string of the molecule is N#Cc1ccccc1N1CCC(O)(C(=O)O)C1=O. The molecule has 0 aliphatic carbocycles. The fourth-order valence-corrected chi connectivity index (χ4v) is 1.94. The van der Waals surface area contributed by atoms with E-state index in [1.54, 1.807) is 18.2 Å². The summed E-state index contributed by atoms with van der Waals surface area (Å²) in [5.74, 6) is -2.47. The number of nitrogens with zero attached hydrogens (tertiary/aromatic N) is 2. The molecule has 1 unspecified atom stereocenters. The second-order valence-electron chi connectivity index (χ2n) is 4.00. The van der Waals surface area contributed by atoms with Crippen molar-refractivity contribution >= 4 is 17.6 Å². The molecule has 1 aromatic carbocycles. The molecular weight excluding hydrogens is 236 g/mol. The highest BCUT2D eigenvalue weighted by molar-refractivity contribution is 6.14. The molecule has 1 aliphatic heterocycles. The maximum absolute atomic E-state index is 11.9. The maximum Gasteiger partial charge on any atom is 0.345 e. The van der Waals surface area contributed by atoms with Crippen LogP contribution in [0.1, 0.15) is 12.0 Å². The molecule has 1 amide bonds. The molecule has 6 nitrogen and oxygen atoms in total. The number of carboxylic acids is 1. The van der Waals surface area contributed by atoms with Gasteiger partial charge in [0.05, 0.1) is 11.3 Å². The van der Waals surface area contributed by atoms with Crippen LogP contribution in [0.3, 0.4) is 0 Å². The summed E-state index contributed by atoms with van der Waals surface area (Å²) in [6.45, 7) is 0.0698. The Morgan fingerprint density at radius 3 is 2.67 bits per heavy atom. The number of carbonyl (C=O) groups excluding carboxylic acids is 1. The number of aliphatic hydroxyl groups is 1. The van der Waals surface area contributed by atoms with Crippen molar-refractivity contribution in [1.82, 2.24) is 0 Å². The normalized spacial score (nSPS) is 22.9. The minimum Gasteiger partial charge on any atom is -0.479 e. The molecule has 1 aliphatic rings. The zero-order chi connectivity index (χ0) is 13.3. The summed E-state index contributed by atoms with van der Waals surface area (Å²) in [7, 11) is 0. The van der Waals surface area contributed by atoms with E-state index in [1.165, 1.54) is 6.07 Å². The minimum atomic E-state index is -2.39. The van der Waals surface area contributed by atoms with E-state index in [2.05, 4.69) is 0 Å². The summed E-state index contributed by atoms with van der Waals surface area (Å²) in [5, 5.41) is 27.6. The second kappa shape index (κ2) is 4.13. The van der Waals surface area contributed by atoms with Crippen molar-refractivity contribution in [3.05, 3.63) is 29.8 Å². The number of anilines is 1. The van der Waals surface area contributed by atoms with E-state index in [0.29, 0.717) is 5.69 Å². The summed E-state index contributed by atoms with van der Waals surface area (Å²) in [4.78, 5) is 24.0.